The van der Waals surface area contributed by atoms with Crippen molar-refractivity contribution < 1.29 is 19.2 Å². The first kappa shape index (κ1) is 21.7. The maximum atomic E-state index is 12.4. The third-order valence-corrected chi connectivity index (χ3v) is 5.44. The van der Waals surface area contributed by atoms with Crippen molar-refractivity contribution in [2.45, 2.75) is 20.0 Å². The highest BCUT2D eigenvalue weighted by atomic mass is 32.1. The summed E-state index contributed by atoms with van der Waals surface area (Å²) in [4.78, 5) is 28.4. The molecule has 0 saturated carbocycles. The lowest BCUT2D eigenvalue weighted by Gasteiger charge is -2.17. The van der Waals surface area contributed by atoms with E-state index in [1.807, 2.05) is 21.1 Å². The lowest BCUT2D eigenvalue weighted by molar-refractivity contribution is -0.907. The fourth-order valence-corrected chi connectivity index (χ4v) is 4.02. The molecule has 1 amide bonds. The molecule has 0 saturated heterocycles. The van der Waals surface area contributed by atoms with Crippen LogP contribution < -0.4 is 20.9 Å². The van der Waals surface area contributed by atoms with Crippen LogP contribution in [0.1, 0.15) is 38.1 Å². The number of carbonyl (C=O) groups is 2. The van der Waals surface area contributed by atoms with Gasteiger partial charge in [0.1, 0.15) is 28.5 Å². The van der Waals surface area contributed by atoms with E-state index in [1.165, 1.54) is 5.56 Å². The van der Waals surface area contributed by atoms with Gasteiger partial charge in [-0.15, -0.1) is 11.3 Å². The van der Waals surface area contributed by atoms with Gasteiger partial charge in [-0.2, -0.15) is 0 Å². The number of benzene rings is 1. The molecule has 28 heavy (non-hydrogen) atoms. The maximum Gasteiger partial charge on any atom is 0.341 e. The lowest BCUT2D eigenvalue weighted by Crippen LogP contribution is -3.06. The number of rotatable bonds is 8. The molecule has 1 unspecified atom stereocenters. The van der Waals surface area contributed by atoms with Gasteiger partial charge in [0.2, 0.25) is 0 Å². The van der Waals surface area contributed by atoms with Gasteiger partial charge in [0.25, 0.3) is 5.91 Å². The van der Waals surface area contributed by atoms with Crippen LogP contribution in [0.4, 0.5) is 10.7 Å². The summed E-state index contributed by atoms with van der Waals surface area (Å²) in [5, 5.41) is 2.94. The summed E-state index contributed by atoms with van der Waals surface area (Å²) in [6.45, 7) is 3.23. The molecule has 1 heterocycles. The van der Waals surface area contributed by atoms with E-state index in [2.05, 4.69) is 34.5 Å². The molecular formula is C20H29N4O3S+. The number of quaternary nitrogens is 1. The fraction of sp³-hybridized carbons (Fsp3) is 0.400. The number of hydrogen-bond acceptors (Lipinski definition) is 6. The number of nitrogens with one attached hydrogen (secondary N) is 2. The molecule has 0 aliphatic rings. The largest absolute Gasteiger partial charge is 0.462 e. The van der Waals surface area contributed by atoms with Crippen molar-refractivity contribution in [3.05, 3.63) is 45.8 Å². The SMILES string of the molecule is CCOC(=O)c1c(N)sc(C(=O)NC)c1C[NH+](C)Cc1ccc(N(C)C)cc1. The van der Waals surface area contributed by atoms with Crippen molar-refractivity contribution in [1.29, 1.82) is 0 Å². The van der Waals surface area contributed by atoms with Crippen molar-refractivity contribution in [2.75, 3.05) is 45.4 Å². The Balaban J connectivity index is 2.27. The maximum absolute atomic E-state index is 12.4. The highest BCUT2D eigenvalue weighted by Gasteiger charge is 2.28. The minimum atomic E-state index is -0.482. The Labute approximate surface area is 170 Å². The van der Waals surface area contributed by atoms with Crippen molar-refractivity contribution in [1.82, 2.24) is 5.32 Å². The topological polar surface area (TPSA) is 89.1 Å². The number of nitrogens with zero attached hydrogens (tertiary/aromatic N) is 1. The van der Waals surface area contributed by atoms with Crippen LogP contribution >= 0.6 is 11.3 Å². The first-order valence-electron chi connectivity index (χ1n) is 9.16. The molecule has 2 rings (SSSR count). The molecule has 0 fully saturated rings. The van der Waals surface area contributed by atoms with Crippen molar-refractivity contribution in [2.24, 2.45) is 0 Å². The van der Waals surface area contributed by atoms with Gasteiger partial charge in [0.05, 0.1) is 13.7 Å². The van der Waals surface area contributed by atoms with E-state index < -0.39 is 5.97 Å². The Hall–Kier alpha value is -2.58. The summed E-state index contributed by atoms with van der Waals surface area (Å²) in [7, 11) is 7.60. The average Bonchev–Trinajstić information content (AvgIpc) is 2.97. The minimum absolute atomic E-state index is 0.245. The van der Waals surface area contributed by atoms with E-state index >= 15 is 0 Å². The Morgan fingerprint density at radius 2 is 1.86 bits per heavy atom. The third kappa shape index (κ3) is 5.02. The first-order chi connectivity index (χ1) is 13.3. The second-order valence-corrected chi connectivity index (χ2v) is 7.87. The third-order valence-electron chi connectivity index (χ3n) is 4.38. The van der Waals surface area contributed by atoms with Crippen LogP contribution in [0.25, 0.3) is 0 Å². The van der Waals surface area contributed by atoms with Gasteiger partial charge in [-0.3, -0.25) is 4.79 Å². The molecule has 152 valence electrons. The molecule has 7 nitrogen and oxygen atoms in total. The number of esters is 1. The summed E-state index contributed by atoms with van der Waals surface area (Å²) in [6, 6.07) is 8.33. The molecule has 0 aliphatic carbocycles. The minimum Gasteiger partial charge on any atom is -0.462 e. The molecule has 0 bridgehead atoms. The Bertz CT molecular complexity index is 831. The monoisotopic (exact) mass is 405 g/mol. The van der Waals surface area contributed by atoms with Crippen LogP contribution in [-0.4, -0.2) is 46.7 Å². The summed E-state index contributed by atoms with van der Waals surface area (Å²) in [6.07, 6.45) is 0. The van der Waals surface area contributed by atoms with Gasteiger partial charge in [-0.1, -0.05) is 12.1 Å². The van der Waals surface area contributed by atoms with Crippen LogP contribution in [0.15, 0.2) is 24.3 Å². The number of amides is 1. The van der Waals surface area contributed by atoms with Crippen LogP contribution in [0.5, 0.6) is 0 Å². The van der Waals surface area contributed by atoms with E-state index in [-0.39, 0.29) is 12.5 Å². The number of carbonyl (C=O) groups excluding carboxylic acids is 2. The number of nitrogens with two attached hydrogens (primary N) is 1. The molecule has 0 radical (unpaired) electrons. The molecule has 4 N–H and O–H groups in total. The van der Waals surface area contributed by atoms with E-state index in [0.717, 1.165) is 28.5 Å². The van der Waals surface area contributed by atoms with Gasteiger partial charge in [0, 0.05) is 38.0 Å². The van der Waals surface area contributed by atoms with Crippen LogP contribution in [0.3, 0.4) is 0 Å². The van der Waals surface area contributed by atoms with Crippen molar-refractivity contribution in [3.8, 4) is 0 Å². The van der Waals surface area contributed by atoms with Gasteiger partial charge in [-0.05, 0) is 19.1 Å². The number of anilines is 2. The van der Waals surface area contributed by atoms with Crippen molar-refractivity contribution in [3.63, 3.8) is 0 Å². The number of hydrogen-bond donors (Lipinski definition) is 3. The van der Waals surface area contributed by atoms with Gasteiger partial charge in [-0.25, -0.2) is 4.79 Å². The zero-order valence-corrected chi connectivity index (χ0v) is 17.9. The predicted molar refractivity (Wildman–Crippen MR) is 113 cm³/mol. The zero-order valence-electron chi connectivity index (χ0n) is 17.1. The van der Waals surface area contributed by atoms with Crippen LogP contribution in [0, 0.1) is 0 Å². The lowest BCUT2D eigenvalue weighted by atomic mass is 10.1. The number of thiophene rings is 1. The molecule has 1 atom stereocenters. The predicted octanol–water partition coefficient (Wildman–Crippen LogP) is 1.15. The van der Waals surface area contributed by atoms with E-state index in [9.17, 15) is 9.59 Å². The molecule has 2 aromatic rings. The second-order valence-electron chi connectivity index (χ2n) is 6.82. The summed E-state index contributed by atoms with van der Waals surface area (Å²) >= 11 is 1.13. The Kier molecular flexibility index (Phi) is 7.42. The van der Waals surface area contributed by atoms with E-state index in [4.69, 9.17) is 10.5 Å². The Morgan fingerprint density at radius 1 is 1.21 bits per heavy atom. The Morgan fingerprint density at radius 3 is 2.39 bits per heavy atom. The smallest absolute Gasteiger partial charge is 0.341 e. The second kappa shape index (κ2) is 9.57. The van der Waals surface area contributed by atoms with Crippen LogP contribution in [0.2, 0.25) is 0 Å². The molecule has 1 aromatic carbocycles. The quantitative estimate of drug-likeness (QED) is 0.574. The van der Waals surface area contributed by atoms with Crippen LogP contribution in [-0.2, 0) is 17.8 Å². The van der Waals surface area contributed by atoms with Crippen molar-refractivity contribution >= 4 is 33.9 Å². The molecule has 0 spiro atoms. The fourth-order valence-electron chi connectivity index (χ4n) is 3.00. The van der Waals surface area contributed by atoms with E-state index in [0.29, 0.717) is 27.5 Å². The summed E-state index contributed by atoms with van der Waals surface area (Å²) < 4.78 is 5.15. The van der Waals surface area contributed by atoms with Gasteiger partial charge < -0.3 is 25.6 Å². The highest BCUT2D eigenvalue weighted by Crippen LogP contribution is 2.31. The number of ether oxygens (including phenoxy) is 1. The first-order valence-corrected chi connectivity index (χ1v) is 9.98. The molecule has 1 aromatic heterocycles. The zero-order chi connectivity index (χ0) is 20.8. The number of nitrogen functional groups attached to an aromatic ring is 1. The molecule has 0 aliphatic heterocycles. The summed E-state index contributed by atoms with van der Waals surface area (Å²) in [5.74, 6) is -0.727. The highest BCUT2D eigenvalue weighted by molar-refractivity contribution is 7.18. The standard InChI is InChI=1S/C20H28N4O3S/c1-6-27-20(26)16-15(17(19(25)22-2)28-18(16)21)12-24(5)11-13-7-9-14(10-8-13)23(3)4/h7-10H,6,11-12,21H2,1-5H3,(H,22,25)/p+1. The average molecular weight is 406 g/mol. The van der Waals surface area contributed by atoms with Gasteiger partial charge >= 0.3 is 5.97 Å². The van der Waals surface area contributed by atoms with E-state index in [1.54, 1.807) is 14.0 Å². The molecule has 8 heteroatoms. The normalized spacial score (nSPS) is 11.8. The summed E-state index contributed by atoms with van der Waals surface area (Å²) in [5.41, 5.74) is 9.33. The van der Waals surface area contributed by atoms with Gasteiger partial charge in [0.15, 0.2) is 0 Å². The molecular weight excluding hydrogens is 376 g/mol.